The monoisotopic (exact) mass is 446 g/mol. The van der Waals surface area contributed by atoms with Crippen LogP contribution in [0.3, 0.4) is 0 Å². The summed E-state index contributed by atoms with van der Waals surface area (Å²) in [6.07, 6.45) is 5.81. The van der Waals surface area contributed by atoms with Crippen molar-refractivity contribution in [3.63, 3.8) is 0 Å². The average molecular weight is 447 g/mol. The van der Waals surface area contributed by atoms with Gasteiger partial charge in [0, 0.05) is 41.7 Å². The minimum absolute atomic E-state index is 0.0583. The highest BCUT2D eigenvalue weighted by Crippen LogP contribution is 2.43. The Bertz CT molecular complexity index is 1080. The molecule has 0 saturated heterocycles. The van der Waals surface area contributed by atoms with Gasteiger partial charge < -0.3 is 10.6 Å². The molecule has 4 rings (SSSR count). The van der Waals surface area contributed by atoms with Crippen molar-refractivity contribution >= 4 is 38.1 Å². The van der Waals surface area contributed by atoms with Crippen LogP contribution in [0.1, 0.15) is 68.8 Å². The normalized spacial score (nSPS) is 18.6. The van der Waals surface area contributed by atoms with Crippen LogP contribution in [0.4, 0.5) is 0 Å². The van der Waals surface area contributed by atoms with E-state index in [4.69, 9.17) is 17.2 Å². The number of hydrogen-bond donors (Lipinski definition) is 3. The third kappa shape index (κ3) is 4.31. The van der Waals surface area contributed by atoms with Crippen molar-refractivity contribution < 1.29 is 8.42 Å². The first kappa shape index (κ1) is 21.5. The molecule has 8 heteroatoms. The molecule has 0 radical (unpaired) electrons. The molecule has 2 aliphatic carbocycles. The lowest BCUT2D eigenvalue weighted by atomic mass is 9.99. The van der Waals surface area contributed by atoms with Crippen molar-refractivity contribution in [1.82, 2.24) is 20.3 Å². The number of hydrogen-bond acceptors (Lipinski definition) is 4. The molecule has 30 heavy (non-hydrogen) atoms. The van der Waals surface area contributed by atoms with Crippen molar-refractivity contribution in [1.29, 1.82) is 0 Å². The molecule has 6 nitrogen and oxygen atoms in total. The van der Waals surface area contributed by atoms with E-state index in [1.807, 2.05) is 39.1 Å². The van der Waals surface area contributed by atoms with Crippen LogP contribution < -0.4 is 15.4 Å². The molecule has 2 aromatic rings. The Labute approximate surface area is 184 Å². The molecule has 0 amide bonds. The molecule has 162 valence electrons. The predicted molar refractivity (Wildman–Crippen MR) is 124 cm³/mol. The lowest BCUT2D eigenvalue weighted by Gasteiger charge is -2.20. The Kier molecular flexibility index (Phi) is 6.01. The van der Waals surface area contributed by atoms with Gasteiger partial charge in [0.2, 0.25) is 10.0 Å². The van der Waals surface area contributed by atoms with E-state index in [0.717, 1.165) is 59.8 Å². The molecule has 1 unspecified atom stereocenters. The zero-order valence-electron chi connectivity index (χ0n) is 17.8. The fraction of sp³-hybridized carbons (Fsp3) is 0.545. The molecular formula is C22H30N4O2S2. The summed E-state index contributed by atoms with van der Waals surface area (Å²) < 4.78 is 29.2. The number of aryl methyl sites for hydroxylation is 1. The second-order valence-electron chi connectivity index (χ2n) is 8.72. The van der Waals surface area contributed by atoms with Gasteiger partial charge in [0.15, 0.2) is 5.11 Å². The van der Waals surface area contributed by atoms with Crippen LogP contribution in [0.5, 0.6) is 0 Å². The Balaban J connectivity index is 1.82. The van der Waals surface area contributed by atoms with E-state index in [-0.39, 0.29) is 12.0 Å². The van der Waals surface area contributed by atoms with Crippen LogP contribution in [-0.4, -0.2) is 31.6 Å². The van der Waals surface area contributed by atoms with Crippen molar-refractivity contribution in [2.24, 2.45) is 5.92 Å². The zero-order chi connectivity index (χ0) is 21.5. The van der Waals surface area contributed by atoms with Gasteiger partial charge in [0.1, 0.15) is 0 Å². The molecular weight excluding hydrogens is 416 g/mol. The first-order chi connectivity index (χ1) is 14.3. The summed E-state index contributed by atoms with van der Waals surface area (Å²) in [5, 5.41) is 8.86. The van der Waals surface area contributed by atoms with Gasteiger partial charge in [-0.1, -0.05) is 13.8 Å². The fourth-order valence-electron chi connectivity index (χ4n) is 4.13. The van der Waals surface area contributed by atoms with E-state index in [0.29, 0.717) is 22.5 Å². The van der Waals surface area contributed by atoms with E-state index in [2.05, 4.69) is 15.4 Å². The highest BCUT2D eigenvalue weighted by Gasteiger charge is 2.31. The van der Waals surface area contributed by atoms with Crippen LogP contribution in [0.25, 0.3) is 10.8 Å². The average Bonchev–Trinajstić information content (AvgIpc) is 3.47. The number of thiocarbonyl (C=S) groups is 1. The van der Waals surface area contributed by atoms with Crippen molar-refractivity contribution in [3.05, 3.63) is 35.2 Å². The maximum atomic E-state index is 13.2. The zero-order valence-corrected chi connectivity index (χ0v) is 19.4. The van der Waals surface area contributed by atoms with Gasteiger partial charge in [-0.15, -0.1) is 0 Å². The lowest BCUT2D eigenvalue weighted by molar-refractivity contribution is 0.561. The molecule has 1 heterocycles. The van der Waals surface area contributed by atoms with Gasteiger partial charge >= 0.3 is 0 Å². The second kappa shape index (κ2) is 8.40. The summed E-state index contributed by atoms with van der Waals surface area (Å²) in [7, 11) is -3.61. The van der Waals surface area contributed by atoms with E-state index in [1.54, 1.807) is 0 Å². The number of aromatic nitrogens is 1. The Hall–Kier alpha value is -1.77. The number of sulfonamides is 1. The standard InChI is InChI=1S/C22H30N4O2S2/c1-4-23-22(29)26-18-8-7-15-9-20(30(27,28)25-11-13(2)3)16-10-19(14-5-6-14)24-12-17(16)21(15)18/h9-10,12-14,18,25H,4-8,11H2,1-3H3,(H2,23,26,29). The topological polar surface area (TPSA) is 83.1 Å². The molecule has 0 spiro atoms. The van der Waals surface area contributed by atoms with Crippen LogP contribution in [0, 0.1) is 5.92 Å². The number of benzene rings is 1. The van der Waals surface area contributed by atoms with Crippen molar-refractivity contribution in [2.75, 3.05) is 13.1 Å². The summed E-state index contributed by atoms with van der Waals surface area (Å²) in [4.78, 5) is 5.07. The number of pyridine rings is 1. The predicted octanol–water partition coefficient (Wildman–Crippen LogP) is 3.52. The van der Waals surface area contributed by atoms with Crippen molar-refractivity contribution in [2.45, 2.75) is 63.3 Å². The minimum Gasteiger partial charge on any atom is -0.363 e. The lowest BCUT2D eigenvalue weighted by Crippen LogP contribution is -2.36. The molecule has 0 aliphatic heterocycles. The van der Waals surface area contributed by atoms with Crippen LogP contribution in [-0.2, 0) is 16.4 Å². The number of nitrogens with zero attached hydrogens (tertiary/aromatic N) is 1. The molecule has 2 aliphatic rings. The summed E-state index contributed by atoms with van der Waals surface area (Å²) in [5.41, 5.74) is 3.18. The van der Waals surface area contributed by atoms with Crippen LogP contribution in [0.2, 0.25) is 0 Å². The molecule has 1 aromatic carbocycles. The third-order valence-corrected chi connectivity index (χ3v) is 7.52. The molecule has 1 fully saturated rings. The largest absolute Gasteiger partial charge is 0.363 e. The van der Waals surface area contributed by atoms with Crippen molar-refractivity contribution in [3.8, 4) is 0 Å². The minimum atomic E-state index is -3.61. The number of nitrogens with one attached hydrogen (secondary N) is 3. The maximum Gasteiger partial charge on any atom is 0.241 e. The third-order valence-electron chi connectivity index (χ3n) is 5.79. The van der Waals surface area contributed by atoms with Gasteiger partial charge in [-0.2, -0.15) is 0 Å². The number of fused-ring (bicyclic) bond motifs is 3. The molecule has 1 saturated carbocycles. The first-order valence-electron chi connectivity index (χ1n) is 10.8. The number of rotatable bonds is 7. The summed E-state index contributed by atoms with van der Waals surface area (Å²) >= 11 is 5.40. The van der Waals surface area contributed by atoms with E-state index < -0.39 is 10.0 Å². The van der Waals surface area contributed by atoms with Gasteiger partial charge in [0.05, 0.1) is 10.9 Å². The van der Waals surface area contributed by atoms with Gasteiger partial charge in [-0.3, -0.25) is 4.98 Å². The highest BCUT2D eigenvalue weighted by molar-refractivity contribution is 7.89. The molecule has 3 N–H and O–H groups in total. The maximum absolute atomic E-state index is 13.2. The summed E-state index contributed by atoms with van der Waals surface area (Å²) in [5.74, 6) is 0.696. The molecule has 1 atom stereocenters. The Morgan fingerprint density at radius 2 is 2.00 bits per heavy atom. The van der Waals surface area contributed by atoms with Gasteiger partial charge in [0.25, 0.3) is 0 Å². The van der Waals surface area contributed by atoms with Crippen LogP contribution >= 0.6 is 12.2 Å². The SMILES string of the molecule is CCNC(=S)NC1CCc2cc(S(=O)(=O)NCC(C)C)c3cc(C4CC4)ncc3c21. The quantitative estimate of drug-likeness (QED) is 0.565. The smallest absolute Gasteiger partial charge is 0.241 e. The van der Waals surface area contributed by atoms with Gasteiger partial charge in [-0.25, -0.2) is 13.1 Å². The second-order valence-corrected chi connectivity index (χ2v) is 10.9. The highest BCUT2D eigenvalue weighted by atomic mass is 32.2. The molecule has 0 bridgehead atoms. The molecule has 1 aromatic heterocycles. The first-order valence-corrected chi connectivity index (χ1v) is 12.7. The Morgan fingerprint density at radius 3 is 2.67 bits per heavy atom. The van der Waals surface area contributed by atoms with Crippen LogP contribution in [0.15, 0.2) is 23.2 Å². The fourth-order valence-corrected chi connectivity index (χ4v) is 5.88. The Morgan fingerprint density at radius 1 is 1.23 bits per heavy atom. The summed E-state index contributed by atoms with van der Waals surface area (Å²) in [6.45, 7) is 7.19. The van der Waals surface area contributed by atoms with Gasteiger partial charge in [-0.05, 0) is 74.0 Å². The summed E-state index contributed by atoms with van der Waals surface area (Å²) in [6, 6.07) is 3.92. The van der Waals surface area contributed by atoms with E-state index in [9.17, 15) is 8.42 Å². The van der Waals surface area contributed by atoms with E-state index in [1.165, 1.54) is 0 Å². The van der Waals surface area contributed by atoms with E-state index >= 15 is 0 Å².